The summed E-state index contributed by atoms with van der Waals surface area (Å²) in [6.45, 7) is 0. The molecule has 0 aromatic heterocycles. The molecule has 3 aromatic carbocycles. The third-order valence-electron chi connectivity index (χ3n) is 3.64. The van der Waals surface area contributed by atoms with E-state index >= 15 is 0 Å². The summed E-state index contributed by atoms with van der Waals surface area (Å²) in [5.41, 5.74) is 0. The predicted octanol–water partition coefficient (Wildman–Crippen LogP) is 1.82. The van der Waals surface area contributed by atoms with Gasteiger partial charge < -0.3 is 0 Å². The van der Waals surface area contributed by atoms with Crippen molar-refractivity contribution in [2.45, 2.75) is 4.90 Å². The summed E-state index contributed by atoms with van der Waals surface area (Å²) in [4.78, 5) is 0.595. The van der Waals surface area contributed by atoms with Crippen LogP contribution < -0.4 is 18.7 Å². The van der Waals surface area contributed by atoms with E-state index < -0.39 is 19.0 Å². The van der Waals surface area contributed by atoms with Crippen LogP contribution in [0.1, 0.15) is 0 Å². The van der Waals surface area contributed by atoms with Gasteiger partial charge in [-0.05, 0) is 0 Å². The molecule has 110 valence electrons. The second-order valence-corrected chi connectivity index (χ2v) is 9.35. The molecule has 0 saturated carbocycles. The first kappa shape index (κ1) is 17.0. The van der Waals surface area contributed by atoms with Gasteiger partial charge in [0.2, 0.25) is 0 Å². The zero-order valence-electron chi connectivity index (χ0n) is 12.7. The Bertz CT molecular complexity index is 785. The van der Waals surface area contributed by atoms with Gasteiger partial charge in [-0.1, -0.05) is 0 Å². The van der Waals surface area contributed by atoms with Gasteiger partial charge in [-0.15, -0.1) is 0 Å². The Hall–Kier alpha value is -0.800. The molecule has 0 spiro atoms. The van der Waals surface area contributed by atoms with Gasteiger partial charge >= 0.3 is 158 Å². The minimum absolute atomic E-state index is 0.595. The molecule has 0 radical (unpaired) electrons. The van der Waals surface area contributed by atoms with E-state index in [1.807, 2.05) is 54.6 Å². The Morgan fingerprint density at radius 2 is 1.30 bits per heavy atom. The van der Waals surface area contributed by atoms with E-state index in [1.165, 1.54) is 10.6 Å². The first-order valence-corrected chi connectivity index (χ1v) is 10.7. The van der Waals surface area contributed by atoms with Crippen LogP contribution in [0.25, 0.3) is 0 Å². The van der Waals surface area contributed by atoms with E-state index in [2.05, 4.69) is 24.3 Å². The third kappa shape index (κ3) is 3.83. The quantitative estimate of drug-likeness (QED) is 0.444. The molecular formula is C18H14NaO2PS. The van der Waals surface area contributed by atoms with Crippen LogP contribution in [0.15, 0.2) is 83.8 Å². The Morgan fingerprint density at radius 1 is 0.783 bits per heavy atom. The molecule has 0 fully saturated rings. The Labute approximate surface area is 157 Å². The summed E-state index contributed by atoms with van der Waals surface area (Å²) in [6.07, 6.45) is 0. The van der Waals surface area contributed by atoms with Crippen molar-refractivity contribution in [3.8, 4) is 0 Å². The molecular weight excluding hydrogens is 334 g/mol. The van der Waals surface area contributed by atoms with Crippen molar-refractivity contribution >= 4 is 65.7 Å². The van der Waals surface area contributed by atoms with Gasteiger partial charge in [0.15, 0.2) is 0 Å². The van der Waals surface area contributed by atoms with Crippen molar-refractivity contribution in [3.63, 3.8) is 0 Å². The molecule has 0 aliphatic rings. The average molecular weight is 348 g/mol. The Kier molecular flexibility index (Phi) is 5.81. The molecule has 0 saturated heterocycles. The summed E-state index contributed by atoms with van der Waals surface area (Å²) in [6, 6.07) is 26.4. The molecule has 5 heteroatoms. The van der Waals surface area contributed by atoms with Gasteiger partial charge in [-0.2, -0.15) is 0 Å². The number of rotatable bonds is 4. The van der Waals surface area contributed by atoms with Crippen LogP contribution in [0.5, 0.6) is 0 Å². The van der Waals surface area contributed by atoms with Crippen LogP contribution in [0.4, 0.5) is 0 Å². The number of benzene rings is 3. The predicted molar refractivity (Wildman–Crippen MR) is 99.6 cm³/mol. The second-order valence-electron chi connectivity index (χ2n) is 5.18. The van der Waals surface area contributed by atoms with Gasteiger partial charge in [0.1, 0.15) is 0 Å². The van der Waals surface area contributed by atoms with Crippen molar-refractivity contribution in [1.82, 2.24) is 0 Å². The average Bonchev–Trinajstić information content (AvgIpc) is 2.57. The maximum atomic E-state index is 12.0. The van der Waals surface area contributed by atoms with E-state index in [4.69, 9.17) is 0 Å². The fourth-order valence-corrected chi connectivity index (χ4v) is 7.33. The van der Waals surface area contributed by atoms with Crippen LogP contribution in [0.2, 0.25) is 0 Å². The minimum atomic E-state index is -1.97. The molecule has 0 amide bonds. The molecule has 3 aromatic rings. The molecule has 1 N–H and O–H groups in total. The first-order chi connectivity index (χ1) is 11.2. The normalized spacial score (nSPS) is 12.3. The molecule has 0 aliphatic heterocycles. The van der Waals surface area contributed by atoms with E-state index in [-0.39, 0.29) is 0 Å². The number of hydrogen-bond donors (Lipinski definition) is 1. The summed E-state index contributed by atoms with van der Waals surface area (Å²) < 4.78 is 22.8. The summed E-state index contributed by atoms with van der Waals surface area (Å²) in [5.74, 6) is 0. The summed E-state index contributed by atoms with van der Waals surface area (Å²) >= 11 is -1.22. The molecule has 0 heterocycles. The molecule has 1 atom stereocenters. The van der Waals surface area contributed by atoms with Crippen molar-refractivity contribution in [2.24, 2.45) is 0 Å². The molecule has 23 heavy (non-hydrogen) atoms. The fourth-order valence-electron chi connectivity index (χ4n) is 2.62. The van der Waals surface area contributed by atoms with Gasteiger partial charge in [0.25, 0.3) is 0 Å². The fraction of sp³-hybridized carbons (Fsp3) is 0. The van der Waals surface area contributed by atoms with Crippen LogP contribution in [0, 0.1) is 0 Å². The van der Waals surface area contributed by atoms with E-state index in [1.54, 1.807) is 0 Å². The number of hydrogen-bond acceptors (Lipinski definition) is 1. The van der Waals surface area contributed by atoms with Gasteiger partial charge in [-0.25, -0.2) is 0 Å². The third-order valence-corrected chi connectivity index (χ3v) is 8.36. The molecule has 0 bridgehead atoms. The van der Waals surface area contributed by atoms with Crippen molar-refractivity contribution < 1.29 is 8.76 Å². The summed E-state index contributed by atoms with van der Waals surface area (Å²) in [5, 5.41) is 3.35. The molecule has 0 aliphatic carbocycles. The van der Waals surface area contributed by atoms with Crippen LogP contribution in [-0.4, -0.2) is 36.7 Å². The maximum absolute atomic E-state index is 12.0. The van der Waals surface area contributed by atoms with Crippen molar-refractivity contribution in [3.05, 3.63) is 78.9 Å². The van der Waals surface area contributed by atoms with Crippen molar-refractivity contribution in [1.29, 1.82) is 0 Å². The Morgan fingerprint density at radius 3 is 1.78 bits per heavy atom. The SMILES string of the molecule is O=S(O)c1[c]([Na])cccc1P(c1ccccc1)c1ccccc1. The first-order valence-electron chi connectivity index (χ1n) is 7.29. The topological polar surface area (TPSA) is 37.3 Å². The Balaban J connectivity index is 2.26. The van der Waals surface area contributed by atoms with E-state index in [0.29, 0.717) is 4.90 Å². The van der Waals surface area contributed by atoms with Crippen LogP contribution in [-0.2, 0) is 11.1 Å². The standard InChI is InChI=1S/C18H14O2PS.Na/c19-22(20)18-14-8-7-13-17(18)21(15-9-3-1-4-10-15)16-11-5-2-6-12-16;/h1-13H,(H,19,20);. The van der Waals surface area contributed by atoms with Crippen LogP contribution in [0.3, 0.4) is 0 Å². The monoisotopic (exact) mass is 348 g/mol. The van der Waals surface area contributed by atoms with Gasteiger partial charge in [0, 0.05) is 0 Å². The molecule has 3 rings (SSSR count). The molecule has 2 nitrogen and oxygen atoms in total. The zero-order chi connectivity index (χ0) is 16.2. The van der Waals surface area contributed by atoms with Crippen molar-refractivity contribution in [2.75, 3.05) is 0 Å². The van der Waals surface area contributed by atoms with Crippen LogP contribution >= 0.6 is 7.92 Å². The zero-order valence-corrected chi connectivity index (χ0v) is 16.4. The van der Waals surface area contributed by atoms with E-state index in [9.17, 15) is 8.76 Å². The molecule has 1 unspecified atom stereocenters. The van der Waals surface area contributed by atoms with Gasteiger partial charge in [-0.3, -0.25) is 0 Å². The van der Waals surface area contributed by atoms with Gasteiger partial charge in [0.05, 0.1) is 0 Å². The summed E-state index contributed by atoms with van der Waals surface area (Å²) in [7, 11) is -0.846. The van der Waals surface area contributed by atoms with E-state index in [0.717, 1.165) is 36.0 Å². The second kappa shape index (κ2) is 7.85.